The van der Waals surface area contributed by atoms with Crippen LogP contribution in [0.5, 0.6) is 0 Å². The summed E-state index contributed by atoms with van der Waals surface area (Å²) in [7, 11) is 0. The van der Waals surface area contributed by atoms with Gasteiger partial charge in [-0.3, -0.25) is 4.79 Å². The number of aryl methyl sites for hydroxylation is 1. The normalized spacial score (nSPS) is 21.1. The second-order valence-corrected chi connectivity index (χ2v) is 9.58. The number of rotatable bonds is 3. The van der Waals surface area contributed by atoms with E-state index in [-0.39, 0.29) is 17.1 Å². The van der Waals surface area contributed by atoms with Crippen molar-refractivity contribution in [2.45, 2.75) is 38.5 Å². The molecule has 2 aromatic rings. The average molecular weight is 449 g/mol. The number of likely N-dealkylation sites (tertiary alicyclic amines) is 1. The van der Waals surface area contributed by atoms with Gasteiger partial charge in [-0.1, -0.05) is 29.3 Å². The Morgan fingerprint density at radius 1 is 1.13 bits per heavy atom. The number of piperidine rings is 2. The number of halogens is 3. The van der Waals surface area contributed by atoms with E-state index in [2.05, 4.69) is 5.32 Å². The molecule has 0 aliphatic carbocycles. The van der Waals surface area contributed by atoms with E-state index in [0.717, 1.165) is 56.6 Å². The highest BCUT2D eigenvalue weighted by Gasteiger charge is 2.44. The molecule has 1 N–H and O–H groups in total. The number of hydrogen-bond donors (Lipinski definition) is 1. The van der Waals surface area contributed by atoms with E-state index in [9.17, 15) is 9.18 Å². The van der Waals surface area contributed by atoms with Crippen molar-refractivity contribution in [1.82, 2.24) is 10.2 Å². The van der Waals surface area contributed by atoms with Gasteiger partial charge in [0.1, 0.15) is 5.82 Å². The van der Waals surface area contributed by atoms with Gasteiger partial charge in [0.25, 0.3) is 0 Å². The first kappa shape index (κ1) is 21.6. The van der Waals surface area contributed by atoms with Gasteiger partial charge in [-0.25, -0.2) is 4.39 Å². The summed E-state index contributed by atoms with van der Waals surface area (Å²) in [4.78, 5) is 14.9. The van der Waals surface area contributed by atoms with Crippen LogP contribution in [0.25, 0.3) is 0 Å². The molecule has 4 rings (SSSR count). The summed E-state index contributed by atoms with van der Waals surface area (Å²) in [5.74, 6) is 0.276. The fraction of sp³-hybridized carbons (Fsp3) is 0.458. The van der Waals surface area contributed by atoms with Crippen molar-refractivity contribution in [2.75, 3.05) is 26.2 Å². The largest absolute Gasteiger partial charge is 0.342 e. The first-order valence-corrected chi connectivity index (χ1v) is 11.3. The smallest absolute Gasteiger partial charge is 0.226 e. The van der Waals surface area contributed by atoms with E-state index in [4.69, 9.17) is 23.2 Å². The Morgan fingerprint density at radius 3 is 2.50 bits per heavy atom. The molecule has 0 aromatic heterocycles. The Morgan fingerprint density at radius 2 is 1.83 bits per heavy atom. The highest BCUT2D eigenvalue weighted by Crippen LogP contribution is 2.49. The van der Waals surface area contributed by atoms with Gasteiger partial charge < -0.3 is 10.2 Å². The molecule has 2 heterocycles. The van der Waals surface area contributed by atoms with Crippen LogP contribution in [0.2, 0.25) is 10.0 Å². The van der Waals surface area contributed by atoms with E-state index < -0.39 is 0 Å². The minimum atomic E-state index is -0.185. The molecule has 2 aromatic carbocycles. The second-order valence-electron chi connectivity index (χ2n) is 8.71. The third kappa shape index (κ3) is 4.51. The van der Waals surface area contributed by atoms with Crippen LogP contribution in [0.3, 0.4) is 0 Å². The van der Waals surface area contributed by atoms with Gasteiger partial charge in [0.05, 0.1) is 6.42 Å². The van der Waals surface area contributed by atoms with Crippen LogP contribution in [-0.4, -0.2) is 37.0 Å². The van der Waals surface area contributed by atoms with Gasteiger partial charge in [0, 0.05) is 35.6 Å². The fourth-order valence-corrected chi connectivity index (χ4v) is 5.81. The number of carbonyl (C=O) groups excluding carboxylic acids is 1. The molecule has 0 radical (unpaired) electrons. The second kappa shape index (κ2) is 8.86. The van der Waals surface area contributed by atoms with Crippen LogP contribution in [0.15, 0.2) is 36.4 Å². The van der Waals surface area contributed by atoms with Crippen molar-refractivity contribution in [2.24, 2.45) is 5.41 Å². The summed E-state index contributed by atoms with van der Waals surface area (Å²) in [6, 6.07) is 10.4. The number of nitrogens with one attached hydrogen (secondary N) is 1. The quantitative estimate of drug-likeness (QED) is 0.684. The van der Waals surface area contributed by atoms with E-state index in [0.29, 0.717) is 22.4 Å². The lowest BCUT2D eigenvalue weighted by molar-refractivity contribution is -0.133. The number of hydrogen-bond acceptors (Lipinski definition) is 2. The zero-order chi connectivity index (χ0) is 21.3. The number of nitrogens with zero attached hydrogens (tertiary/aromatic N) is 1. The molecule has 2 fully saturated rings. The van der Waals surface area contributed by atoms with Crippen LogP contribution >= 0.6 is 23.2 Å². The van der Waals surface area contributed by atoms with Crippen molar-refractivity contribution in [3.8, 4) is 0 Å². The molecule has 6 heteroatoms. The van der Waals surface area contributed by atoms with Gasteiger partial charge in [0.15, 0.2) is 0 Å². The highest BCUT2D eigenvalue weighted by molar-refractivity contribution is 6.34. The summed E-state index contributed by atoms with van der Waals surface area (Å²) in [5, 5.41) is 4.63. The monoisotopic (exact) mass is 448 g/mol. The number of benzene rings is 2. The molecular formula is C24H27Cl2FN2O. The maximum atomic E-state index is 13.6. The summed E-state index contributed by atoms with van der Waals surface area (Å²) in [5.41, 5.74) is 3.25. The van der Waals surface area contributed by atoms with Crippen LogP contribution in [0.1, 0.15) is 41.9 Å². The molecule has 2 saturated heterocycles. The summed E-state index contributed by atoms with van der Waals surface area (Å²) >= 11 is 12.1. The van der Waals surface area contributed by atoms with Crippen LogP contribution < -0.4 is 5.32 Å². The lowest BCUT2D eigenvalue weighted by Gasteiger charge is -2.50. The molecule has 160 valence electrons. The van der Waals surface area contributed by atoms with Crippen molar-refractivity contribution >= 4 is 29.1 Å². The fourth-order valence-electron chi connectivity index (χ4n) is 5.24. The summed E-state index contributed by atoms with van der Waals surface area (Å²) in [6.45, 7) is 5.40. The zero-order valence-corrected chi connectivity index (χ0v) is 18.7. The first-order chi connectivity index (χ1) is 14.4. The number of amides is 1. The summed E-state index contributed by atoms with van der Waals surface area (Å²) in [6.07, 6.45) is 3.34. The Bertz CT molecular complexity index is 921. The molecule has 1 spiro atoms. The average Bonchev–Trinajstić information content (AvgIpc) is 2.69. The van der Waals surface area contributed by atoms with E-state index >= 15 is 0 Å². The van der Waals surface area contributed by atoms with Crippen LogP contribution in [0, 0.1) is 18.2 Å². The van der Waals surface area contributed by atoms with Gasteiger partial charge >= 0.3 is 0 Å². The first-order valence-electron chi connectivity index (χ1n) is 10.6. The summed E-state index contributed by atoms with van der Waals surface area (Å²) < 4.78 is 13.6. The van der Waals surface area contributed by atoms with Gasteiger partial charge in [-0.05, 0) is 85.2 Å². The third-order valence-electron chi connectivity index (χ3n) is 6.88. The molecule has 1 atom stereocenters. The van der Waals surface area contributed by atoms with Gasteiger partial charge in [-0.2, -0.15) is 0 Å². The molecule has 1 amide bonds. The van der Waals surface area contributed by atoms with Crippen LogP contribution in [0.4, 0.5) is 4.39 Å². The van der Waals surface area contributed by atoms with Crippen molar-refractivity contribution in [3.63, 3.8) is 0 Å². The predicted molar refractivity (Wildman–Crippen MR) is 120 cm³/mol. The minimum absolute atomic E-state index is 0.117. The van der Waals surface area contributed by atoms with Crippen molar-refractivity contribution < 1.29 is 9.18 Å². The molecule has 2 aliphatic heterocycles. The SMILES string of the molecule is Cc1cc(F)ccc1[C@@H]1CNCCC12CCN(C(=O)Cc1cc(Cl)cc(Cl)c1)CC2. The maximum absolute atomic E-state index is 13.6. The van der Waals surface area contributed by atoms with Gasteiger partial charge in [0.2, 0.25) is 5.91 Å². The lowest BCUT2D eigenvalue weighted by Crippen LogP contribution is -2.51. The molecule has 30 heavy (non-hydrogen) atoms. The standard InChI is InChI=1S/C24H27Cl2FN2O/c1-16-10-20(27)2-3-21(16)22-15-28-7-4-24(22)5-8-29(9-6-24)23(30)13-17-11-18(25)14-19(26)12-17/h2-3,10-12,14,22,28H,4-9,13,15H2,1H3/t22-/m0/s1. The van der Waals surface area contributed by atoms with E-state index in [1.54, 1.807) is 30.3 Å². The predicted octanol–water partition coefficient (Wildman–Crippen LogP) is 5.37. The molecule has 0 unspecified atom stereocenters. The maximum Gasteiger partial charge on any atom is 0.226 e. The molecule has 0 saturated carbocycles. The highest BCUT2D eigenvalue weighted by atomic mass is 35.5. The topological polar surface area (TPSA) is 32.3 Å². The van der Waals surface area contributed by atoms with Crippen molar-refractivity contribution in [3.05, 3.63) is 69.0 Å². The Balaban J connectivity index is 1.46. The minimum Gasteiger partial charge on any atom is -0.342 e. The van der Waals surface area contributed by atoms with Crippen LogP contribution in [-0.2, 0) is 11.2 Å². The van der Waals surface area contributed by atoms with E-state index in [1.807, 2.05) is 17.9 Å². The molecule has 0 bridgehead atoms. The number of carbonyl (C=O) groups is 1. The Labute approximate surface area is 187 Å². The third-order valence-corrected chi connectivity index (χ3v) is 7.32. The Kier molecular flexibility index (Phi) is 6.38. The molecular weight excluding hydrogens is 422 g/mol. The lowest BCUT2D eigenvalue weighted by atomic mass is 9.62. The molecule has 2 aliphatic rings. The zero-order valence-electron chi connectivity index (χ0n) is 17.2. The van der Waals surface area contributed by atoms with Gasteiger partial charge in [-0.15, -0.1) is 0 Å². The van der Waals surface area contributed by atoms with Crippen molar-refractivity contribution in [1.29, 1.82) is 0 Å². The Hall–Kier alpha value is -1.62. The molecule has 3 nitrogen and oxygen atoms in total. The van der Waals surface area contributed by atoms with E-state index in [1.165, 1.54) is 5.56 Å².